The Kier molecular flexibility index (Phi) is 6.96. The average molecular weight is 541 g/mol. The Labute approximate surface area is 218 Å². The highest BCUT2D eigenvalue weighted by Crippen LogP contribution is 2.43. The number of nitrogens with zero attached hydrogens (tertiary/aromatic N) is 2. The van der Waals surface area contributed by atoms with Crippen molar-refractivity contribution in [3.8, 4) is 21.7 Å². The first-order valence-corrected chi connectivity index (χ1v) is 14.3. The third-order valence-corrected chi connectivity index (χ3v) is 8.48. The van der Waals surface area contributed by atoms with E-state index in [2.05, 4.69) is 20.0 Å². The second-order valence-electron chi connectivity index (χ2n) is 8.96. The number of pyridine rings is 2. The van der Waals surface area contributed by atoms with Crippen molar-refractivity contribution in [3.63, 3.8) is 0 Å². The summed E-state index contributed by atoms with van der Waals surface area (Å²) < 4.78 is 60.0. The summed E-state index contributed by atoms with van der Waals surface area (Å²) in [5.41, 5.74) is 1.12. The van der Waals surface area contributed by atoms with Crippen molar-refractivity contribution in [3.05, 3.63) is 77.2 Å². The molecule has 5 rings (SSSR count). The number of alkyl halides is 2. The number of sulfonamides is 1. The molecular weight excluding hydrogens is 514 g/mol. The topological polar surface area (TPSA) is 84.0 Å². The molecule has 0 aliphatic carbocycles. The van der Waals surface area contributed by atoms with Crippen LogP contribution in [0.2, 0.25) is 0 Å². The molecule has 0 radical (unpaired) electrons. The van der Waals surface area contributed by atoms with Gasteiger partial charge in [0.15, 0.2) is 5.03 Å². The smallest absolute Gasteiger partial charge is 0.280 e. The number of rotatable bonds is 1. The van der Waals surface area contributed by atoms with Crippen LogP contribution in [0.1, 0.15) is 36.1 Å². The minimum atomic E-state index is -4.07. The zero-order valence-electron chi connectivity index (χ0n) is 20.2. The average Bonchev–Trinajstić information content (AvgIpc) is 3.31. The van der Waals surface area contributed by atoms with Gasteiger partial charge in [-0.2, -0.15) is 8.42 Å². The lowest BCUT2D eigenvalue weighted by molar-refractivity contribution is -0.0151. The van der Waals surface area contributed by atoms with Gasteiger partial charge >= 0.3 is 0 Å². The number of aryl methyl sites for hydroxylation is 1. The van der Waals surface area contributed by atoms with Crippen LogP contribution in [-0.2, 0) is 15.9 Å². The normalized spacial score (nSPS) is 17.1. The molecule has 3 aromatic heterocycles. The van der Waals surface area contributed by atoms with Crippen molar-refractivity contribution in [2.75, 3.05) is 16.6 Å². The van der Waals surface area contributed by atoms with Crippen LogP contribution in [-0.4, -0.2) is 24.9 Å². The van der Waals surface area contributed by atoms with Gasteiger partial charge in [0.1, 0.15) is 11.6 Å². The van der Waals surface area contributed by atoms with Crippen molar-refractivity contribution >= 4 is 33.0 Å². The van der Waals surface area contributed by atoms with E-state index in [1.54, 1.807) is 42.5 Å². The molecule has 0 atom stereocenters. The summed E-state index contributed by atoms with van der Waals surface area (Å²) in [5.74, 6) is -2.65. The number of anilines is 2. The number of nitrogens with one attached hydrogen (secondary N) is 2. The van der Waals surface area contributed by atoms with Gasteiger partial charge in [-0.3, -0.25) is 4.72 Å². The number of hydrogen-bond acceptors (Lipinski definition) is 6. The third-order valence-electron chi connectivity index (χ3n) is 6.19. The first-order chi connectivity index (χ1) is 17.7. The summed E-state index contributed by atoms with van der Waals surface area (Å²) in [6.45, 7) is 2.46. The Bertz CT molecular complexity index is 1540. The fraction of sp³-hybridized carbons (Fsp3) is 0.259. The number of thiophene rings is 1. The van der Waals surface area contributed by atoms with Crippen LogP contribution in [0.5, 0.6) is 0 Å². The Morgan fingerprint density at radius 2 is 1.70 bits per heavy atom. The van der Waals surface area contributed by atoms with Gasteiger partial charge in [-0.05, 0) is 56.2 Å². The van der Waals surface area contributed by atoms with Crippen LogP contribution >= 0.6 is 11.3 Å². The van der Waals surface area contributed by atoms with E-state index in [9.17, 15) is 8.42 Å². The molecule has 192 valence electrons. The molecule has 4 bridgehead atoms. The van der Waals surface area contributed by atoms with Crippen molar-refractivity contribution in [2.24, 2.45) is 0 Å². The highest BCUT2D eigenvalue weighted by atomic mass is 32.2. The summed E-state index contributed by atoms with van der Waals surface area (Å²) in [4.78, 5) is 10.7. The lowest BCUT2D eigenvalue weighted by Gasteiger charge is -2.21. The Balaban J connectivity index is 1.69. The molecule has 6 nitrogen and oxygen atoms in total. The highest BCUT2D eigenvalue weighted by molar-refractivity contribution is 7.92. The monoisotopic (exact) mass is 540 g/mol. The lowest BCUT2D eigenvalue weighted by Crippen LogP contribution is -2.17. The standard InChI is InChI=1S/C27H26F2N4O2S2/c1-18-12-14-22(36-18)20-13-15-24-32-26(20)19-8-3-4-9-21(19)27(28,29)16-5-2-6-17-30-23-10-7-11-25(31-23)37(34,35)33-24/h3-4,7-15H,2,5-6,16-17H2,1H3,(H,30,31)(H,32,33). The van der Waals surface area contributed by atoms with Crippen LogP contribution in [0.15, 0.2) is 71.8 Å². The molecule has 4 aromatic rings. The van der Waals surface area contributed by atoms with Crippen LogP contribution in [0.25, 0.3) is 21.7 Å². The molecule has 1 aliphatic heterocycles. The van der Waals surface area contributed by atoms with Gasteiger partial charge in [0.25, 0.3) is 15.9 Å². The lowest BCUT2D eigenvalue weighted by atomic mass is 9.93. The number of fused-ring (bicyclic) bond motifs is 6. The molecule has 0 amide bonds. The molecule has 1 aliphatic rings. The summed E-state index contributed by atoms with van der Waals surface area (Å²) in [5, 5.41) is 2.92. The maximum absolute atomic E-state index is 15.6. The van der Waals surface area contributed by atoms with E-state index in [0.717, 1.165) is 9.75 Å². The van der Waals surface area contributed by atoms with Crippen LogP contribution in [0, 0.1) is 6.92 Å². The quantitative estimate of drug-likeness (QED) is 0.270. The van der Waals surface area contributed by atoms with Gasteiger partial charge in [0.2, 0.25) is 0 Å². The maximum Gasteiger partial charge on any atom is 0.280 e. The fourth-order valence-corrected chi connectivity index (χ4v) is 6.22. The fourth-order valence-electron chi connectivity index (χ4n) is 4.36. The molecular formula is C27H26F2N4O2S2. The largest absolute Gasteiger partial charge is 0.370 e. The zero-order chi connectivity index (χ0) is 26.0. The van der Waals surface area contributed by atoms with E-state index in [4.69, 9.17) is 0 Å². The summed E-state index contributed by atoms with van der Waals surface area (Å²) >= 11 is 1.52. The van der Waals surface area contributed by atoms with E-state index in [-0.39, 0.29) is 28.4 Å². The van der Waals surface area contributed by atoms with Crippen molar-refractivity contribution in [2.45, 2.75) is 43.6 Å². The highest BCUT2D eigenvalue weighted by Gasteiger charge is 2.34. The summed E-state index contributed by atoms with van der Waals surface area (Å²) in [6, 6.07) is 18.2. The summed E-state index contributed by atoms with van der Waals surface area (Å²) in [7, 11) is -4.07. The summed E-state index contributed by atoms with van der Waals surface area (Å²) in [6.07, 6.45) is 1.30. The first kappa shape index (κ1) is 25.3. The SMILES string of the molecule is Cc1ccc(-c2ccc3nc2-c2ccccc2C(F)(F)CCCCCNc2cccc(n2)S(=O)(=O)N3)s1. The maximum atomic E-state index is 15.6. The van der Waals surface area contributed by atoms with Gasteiger partial charge in [0, 0.05) is 39.4 Å². The molecule has 0 fully saturated rings. The van der Waals surface area contributed by atoms with Gasteiger partial charge in [-0.25, -0.2) is 18.7 Å². The van der Waals surface area contributed by atoms with E-state index in [1.165, 1.54) is 23.5 Å². The number of benzene rings is 1. The van der Waals surface area contributed by atoms with Crippen molar-refractivity contribution in [1.29, 1.82) is 0 Å². The zero-order valence-corrected chi connectivity index (χ0v) is 21.8. The Hall–Kier alpha value is -3.37. The molecule has 10 heteroatoms. The van der Waals surface area contributed by atoms with Gasteiger partial charge in [-0.1, -0.05) is 36.8 Å². The van der Waals surface area contributed by atoms with Crippen molar-refractivity contribution < 1.29 is 17.2 Å². The van der Waals surface area contributed by atoms with Crippen LogP contribution < -0.4 is 10.0 Å². The minimum absolute atomic E-state index is 0.0228. The first-order valence-electron chi connectivity index (χ1n) is 12.0. The molecule has 37 heavy (non-hydrogen) atoms. The molecule has 0 saturated heterocycles. The van der Waals surface area contributed by atoms with Crippen LogP contribution in [0.4, 0.5) is 20.4 Å². The Morgan fingerprint density at radius 1 is 0.865 bits per heavy atom. The Morgan fingerprint density at radius 3 is 2.51 bits per heavy atom. The second kappa shape index (κ2) is 10.2. The van der Waals surface area contributed by atoms with Crippen molar-refractivity contribution in [1.82, 2.24) is 9.97 Å². The van der Waals surface area contributed by atoms with E-state index >= 15 is 8.78 Å². The number of halogens is 2. The third kappa shape index (κ3) is 5.50. The molecule has 0 spiro atoms. The minimum Gasteiger partial charge on any atom is -0.370 e. The van der Waals surface area contributed by atoms with E-state index in [1.807, 2.05) is 19.1 Å². The molecule has 0 unspecified atom stereocenters. The van der Waals surface area contributed by atoms with E-state index < -0.39 is 15.9 Å². The number of aromatic nitrogens is 2. The predicted octanol–water partition coefficient (Wildman–Crippen LogP) is 7.06. The molecule has 0 saturated carbocycles. The number of hydrogen-bond donors (Lipinski definition) is 2. The molecule has 1 aromatic carbocycles. The van der Waals surface area contributed by atoms with E-state index in [0.29, 0.717) is 42.9 Å². The van der Waals surface area contributed by atoms with Gasteiger partial charge < -0.3 is 5.32 Å². The predicted molar refractivity (Wildman–Crippen MR) is 144 cm³/mol. The molecule has 4 heterocycles. The van der Waals surface area contributed by atoms with Crippen LogP contribution in [0.3, 0.4) is 0 Å². The van der Waals surface area contributed by atoms with Gasteiger partial charge in [-0.15, -0.1) is 11.3 Å². The molecule has 2 N–H and O–H groups in total. The van der Waals surface area contributed by atoms with Gasteiger partial charge in [0.05, 0.1) is 5.69 Å². The second-order valence-corrected chi connectivity index (χ2v) is 11.9.